The lowest BCUT2D eigenvalue weighted by molar-refractivity contribution is -0.138. The number of carbonyl (C=O) groups excluding carboxylic acids is 1. The highest BCUT2D eigenvalue weighted by Crippen LogP contribution is 2.17. The fraction of sp³-hybridized carbons (Fsp3) is 0.467. The SMILES string of the molecule is Cc1ccc(C(CNC(=O)CCC(=O)O)N(C)C)cc1. The number of hydrogen-bond acceptors (Lipinski definition) is 3. The second-order valence-corrected chi connectivity index (χ2v) is 5.09. The summed E-state index contributed by atoms with van der Waals surface area (Å²) in [6, 6.07) is 8.24. The number of likely N-dealkylation sites (N-methyl/N-ethyl adjacent to an activating group) is 1. The van der Waals surface area contributed by atoms with Crippen LogP contribution in [0.3, 0.4) is 0 Å². The molecule has 0 saturated heterocycles. The van der Waals surface area contributed by atoms with E-state index in [4.69, 9.17) is 5.11 Å². The van der Waals surface area contributed by atoms with E-state index in [-0.39, 0.29) is 24.8 Å². The second kappa shape index (κ2) is 7.65. The Morgan fingerprint density at radius 3 is 2.30 bits per heavy atom. The summed E-state index contributed by atoms with van der Waals surface area (Å²) in [5.74, 6) is -1.19. The molecule has 1 unspecified atom stereocenters. The van der Waals surface area contributed by atoms with Crippen molar-refractivity contribution in [3.05, 3.63) is 35.4 Å². The van der Waals surface area contributed by atoms with Crippen LogP contribution in [-0.2, 0) is 9.59 Å². The molecule has 2 N–H and O–H groups in total. The molecule has 0 radical (unpaired) electrons. The van der Waals surface area contributed by atoms with Gasteiger partial charge >= 0.3 is 5.97 Å². The molecular weight excluding hydrogens is 256 g/mol. The van der Waals surface area contributed by atoms with Crippen LogP contribution in [-0.4, -0.2) is 42.5 Å². The Hall–Kier alpha value is -1.88. The number of benzene rings is 1. The topological polar surface area (TPSA) is 69.6 Å². The van der Waals surface area contributed by atoms with E-state index in [9.17, 15) is 9.59 Å². The van der Waals surface area contributed by atoms with E-state index in [0.717, 1.165) is 5.56 Å². The van der Waals surface area contributed by atoms with Gasteiger partial charge in [0.25, 0.3) is 0 Å². The smallest absolute Gasteiger partial charge is 0.303 e. The molecule has 110 valence electrons. The predicted octanol–water partition coefficient (Wildman–Crippen LogP) is 1.58. The highest BCUT2D eigenvalue weighted by Gasteiger charge is 2.15. The summed E-state index contributed by atoms with van der Waals surface area (Å²) in [6.45, 7) is 2.50. The Morgan fingerprint density at radius 2 is 1.80 bits per heavy atom. The first-order valence-electron chi connectivity index (χ1n) is 6.61. The third-order valence-electron chi connectivity index (χ3n) is 3.14. The first kappa shape index (κ1) is 16.2. The Bertz CT molecular complexity index is 455. The first-order valence-corrected chi connectivity index (χ1v) is 6.61. The summed E-state index contributed by atoms with van der Waals surface area (Å²) in [7, 11) is 3.90. The van der Waals surface area contributed by atoms with Crippen LogP contribution in [0.2, 0.25) is 0 Å². The molecule has 0 fully saturated rings. The number of amides is 1. The highest BCUT2D eigenvalue weighted by atomic mass is 16.4. The van der Waals surface area contributed by atoms with Crippen molar-refractivity contribution in [1.29, 1.82) is 0 Å². The quantitative estimate of drug-likeness (QED) is 0.794. The zero-order valence-electron chi connectivity index (χ0n) is 12.2. The van der Waals surface area contributed by atoms with E-state index in [1.165, 1.54) is 5.56 Å². The van der Waals surface area contributed by atoms with Crippen LogP contribution >= 0.6 is 0 Å². The summed E-state index contributed by atoms with van der Waals surface area (Å²) in [4.78, 5) is 24.0. The molecule has 5 nitrogen and oxygen atoms in total. The van der Waals surface area contributed by atoms with Gasteiger partial charge in [0.15, 0.2) is 0 Å². The molecular formula is C15H22N2O3. The average Bonchev–Trinajstić information content (AvgIpc) is 2.38. The van der Waals surface area contributed by atoms with Crippen molar-refractivity contribution < 1.29 is 14.7 Å². The summed E-state index contributed by atoms with van der Waals surface area (Å²) < 4.78 is 0. The zero-order valence-corrected chi connectivity index (χ0v) is 12.2. The van der Waals surface area contributed by atoms with Gasteiger partial charge in [0.05, 0.1) is 12.5 Å². The Balaban J connectivity index is 2.58. The van der Waals surface area contributed by atoms with Crippen molar-refractivity contribution >= 4 is 11.9 Å². The van der Waals surface area contributed by atoms with Gasteiger partial charge in [0.1, 0.15) is 0 Å². The minimum Gasteiger partial charge on any atom is -0.481 e. The Morgan fingerprint density at radius 1 is 1.20 bits per heavy atom. The van der Waals surface area contributed by atoms with Crippen LogP contribution < -0.4 is 5.32 Å². The van der Waals surface area contributed by atoms with Gasteiger partial charge in [-0.3, -0.25) is 9.59 Å². The summed E-state index contributed by atoms with van der Waals surface area (Å²) in [5.41, 5.74) is 2.32. The average molecular weight is 278 g/mol. The van der Waals surface area contributed by atoms with E-state index in [2.05, 4.69) is 5.32 Å². The van der Waals surface area contributed by atoms with Crippen molar-refractivity contribution in [3.8, 4) is 0 Å². The van der Waals surface area contributed by atoms with Gasteiger partial charge in [-0.05, 0) is 26.6 Å². The van der Waals surface area contributed by atoms with Gasteiger partial charge in [0, 0.05) is 13.0 Å². The van der Waals surface area contributed by atoms with Crippen LogP contribution in [0.15, 0.2) is 24.3 Å². The minimum absolute atomic E-state index is 0.0172. The number of hydrogen-bond donors (Lipinski definition) is 2. The van der Waals surface area contributed by atoms with Gasteiger partial charge in [-0.2, -0.15) is 0 Å². The maximum atomic E-state index is 11.6. The summed E-state index contributed by atoms with van der Waals surface area (Å²) in [6.07, 6.45) is -0.119. The largest absolute Gasteiger partial charge is 0.481 e. The number of nitrogens with zero attached hydrogens (tertiary/aromatic N) is 1. The van der Waals surface area contributed by atoms with Crippen LogP contribution in [0.25, 0.3) is 0 Å². The molecule has 0 aromatic heterocycles. The van der Waals surface area contributed by atoms with Crippen molar-refractivity contribution in [3.63, 3.8) is 0 Å². The monoisotopic (exact) mass is 278 g/mol. The maximum absolute atomic E-state index is 11.6. The molecule has 1 rings (SSSR count). The summed E-state index contributed by atoms with van der Waals surface area (Å²) >= 11 is 0. The van der Waals surface area contributed by atoms with Crippen LogP contribution in [0, 0.1) is 6.92 Å². The molecule has 1 aromatic rings. The molecule has 0 saturated carbocycles. The van der Waals surface area contributed by atoms with Crippen molar-refractivity contribution in [1.82, 2.24) is 10.2 Å². The lowest BCUT2D eigenvalue weighted by atomic mass is 10.0. The van der Waals surface area contributed by atoms with Gasteiger partial charge in [-0.1, -0.05) is 29.8 Å². The van der Waals surface area contributed by atoms with E-state index < -0.39 is 5.97 Å². The van der Waals surface area contributed by atoms with Gasteiger partial charge in [-0.15, -0.1) is 0 Å². The lowest BCUT2D eigenvalue weighted by Gasteiger charge is -2.25. The van der Waals surface area contributed by atoms with E-state index in [0.29, 0.717) is 6.54 Å². The lowest BCUT2D eigenvalue weighted by Crippen LogP contribution is -2.34. The molecule has 1 aromatic carbocycles. The number of carboxylic acid groups (broad SMARTS) is 1. The van der Waals surface area contributed by atoms with Crippen molar-refractivity contribution in [2.45, 2.75) is 25.8 Å². The van der Waals surface area contributed by atoms with Crippen molar-refractivity contribution in [2.75, 3.05) is 20.6 Å². The fourth-order valence-corrected chi connectivity index (χ4v) is 1.91. The van der Waals surface area contributed by atoms with Gasteiger partial charge in [0.2, 0.25) is 5.91 Å². The number of aliphatic carboxylic acids is 1. The standard InChI is InChI=1S/C15H22N2O3/c1-11-4-6-12(7-5-11)13(17(2)3)10-16-14(18)8-9-15(19)20/h4-7,13H,8-10H2,1-3H3,(H,16,18)(H,19,20). The molecule has 0 aliphatic carbocycles. The van der Waals surface area contributed by atoms with E-state index in [1.807, 2.05) is 50.2 Å². The fourth-order valence-electron chi connectivity index (χ4n) is 1.91. The van der Waals surface area contributed by atoms with Gasteiger partial charge in [-0.25, -0.2) is 0 Å². The van der Waals surface area contributed by atoms with E-state index >= 15 is 0 Å². The molecule has 20 heavy (non-hydrogen) atoms. The molecule has 1 amide bonds. The van der Waals surface area contributed by atoms with Crippen LogP contribution in [0.4, 0.5) is 0 Å². The number of aryl methyl sites for hydroxylation is 1. The summed E-state index contributed by atoms with van der Waals surface area (Å²) in [5, 5.41) is 11.3. The number of carbonyl (C=O) groups is 2. The normalized spacial score (nSPS) is 12.2. The Kier molecular flexibility index (Phi) is 6.18. The maximum Gasteiger partial charge on any atom is 0.303 e. The first-order chi connectivity index (χ1) is 9.40. The number of carboxylic acids is 1. The Labute approximate surface area is 119 Å². The molecule has 0 spiro atoms. The number of nitrogens with one attached hydrogen (secondary N) is 1. The van der Waals surface area contributed by atoms with Crippen LogP contribution in [0.1, 0.15) is 30.0 Å². The molecule has 0 aliphatic heterocycles. The molecule has 0 aliphatic rings. The zero-order chi connectivity index (χ0) is 15.1. The minimum atomic E-state index is -0.956. The predicted molar refractivity (Wildman–Crippen MR) is 77.5 cm³/mol. The van der Waals surface area contributed by atoms with Gasteiger partial charge < -0.3 is 15.3 Å². The third-order valence-corrected chi connectivity index (χ3v) is 3.14. The molecule has 5 heteroatoms. The second-order valence-electron chi connectivity index (χ2n) is 5.09. The molecule has 0 bridgehead atoms. The molecule has 0 heterocycles. The highest BCUT2D eigenvalue weighted by molar-refractivity contribution is 5.80. The van der Waals surface area contributed by atoms with Crippen LogP contribution in [0.5, 0.6) is 0 Å². The molecule has 1 atom stereocenters. The van der Waals surface area contributed by atoms with Crippen molar-refractivity contribution in [2.24, 2.45) is 0 Å². The third kappa shape index (κ3) is 5.40. The number of rotatable bonds is 7. The van der Waals surface area contributed by atoms with E-state index in [1.54, 1.807) is 0 Å².